The van der Waals surface area contributed by atoms with Crippen LogP contribution in [0.3, 0.4) is 0 Å². The second kappa shape index (κ2) is 8.09. The standard InChI is InChI=1S/C18H29N6O2/c1-24(2)14-16(25)23(17(26)15-24)9-4-3-8-21-10-12-22(13-11-21)18-19-6-5-7-20-18/h5-7H,3-4,8-15H2,1-2H3/q+1. The molecule has 1 aromatic heterocycles. The van der Waals surface area contributed by atoms with Crippen LogP contribution in [0.1, 0.15) is 12.8 Å². The van der Waals surface area contributed by atoms with Crippen LogP contribution in [-0.2, 0) is 9.59 Å². The molecule has 0 spiro atoms. The van der Waals surface area contributed by atoms with Crippen LogP contribution in [0.5, 0.6) is 0 Å². The van der Waals surface area contributed by atoms with E-state index in [2.05, 4.69) is 19.8 Å². The van der Waals surface area contributed by atoms with Gasteiger partial charge in [-0.15, -0.1) is 0 Å². The van der Waals surface area contributed by atoms with Gasteiger partial charge in [-0.25, -0.2) is 9.97 Å². The van der Waals surface area contributed by atoms with Crippen molar-refractivity contribution in [3.05, 3.63) is 18.5 Å². The Bertz CT molecular complexity index is 608. The molecule has 2 aliphatic rings. The summed E-state index contributed by atoms with van der Waals surface area (Å²) in [5.74, 6) is 0.723. The predicted molar refractivity (Wildman–Crippen MR) is 98.5 cm³/mol. The third-order valence-corrected chi connectivity index (χ3v) is 5.04. The van der Waals surface area contributed by atoms with Gasteiger partial charge >= 0.3 is 0 Å². The minimum Gasteiger partial charge on any atom is -0.338 e. The fraction of sp³-hybridized carbons (Fsp3) is 0.667. The highest BCUT2D eigenvalue weighted by molar-refractivity contribution is 5.98. The van der Waals surface area contributed by atoms with Crippen molar-refractivity contribution >= 4 is 17.8 Å². The third kappa shape index (κ3) is 4.76. The minimum atomic E-state index is -0.0391. The summed E-state index contributed by atoms with van der Waals surface area (Å²) < 4.78 is 0.462. The van der Waals surface area contributed by atoms with E-state index in [1.165, 1.54) is 4.90 Å². The van der Waals surface area contributed by atoms with Gasteiger partial charge in [0.25, 0.3) is 11.8 Å². The van der Waals surface area contributed by atoms with Crippen LogP contribution < -0.4 is 4.90 Å². The molecule has 0 aliphatic carbocycles. The van der Waals surface area contributed by atoms with E-state index in [1.807, 2.05) is 20.2 Å². The molecule has 8 heteroatoms. The number of amides is 2. The smallest absolute Gasteiger partial charge is 0.284 e. The number of quaternary nitrogens is 1. The summed E-state index contributed by atoms with van der Waals surface area (Å²) in [7, 11) is 3.85. The first-order chi connectivity index (χ1) is 12.4. The fourth-order valence-electron chi connectivity index (χ4n) is 3.58. The molecular formula is C18H29N6O2+. The molecule has 2 amide bonds. The zero-order valence-corrected chi connectivity index (χ0v) is 15.8. The summed E-state index contributed by atoms with van der Waals surface area (Å²) in [6, 6.07) is 1.83. The summed E-state index contributed by atoms with van der Waals surface area (Å²) in [6.07, 6.45) is 5.42. The zero-order chi connectivity index (χ0) is 18.6. The number of anilines is 1. The first-order valence-electron chi connectivity index (χ1n) is 9.34. The van der Waals surface area contributed by atoms with Crippen LogP contribution in [-0.4, -0.2) is 103 Å². The number of nitrogens with zero attached hydrogens (tertiary/aromatic N) is 6. The largest absolute Gasteiger partial charge is 0.338 e. The average Bonchev–Trinajstić information content (AvgIpc) is 2.61. The second-order valence-corrected chi connectivity index (χ2v) is 7.78. The first-order valence-corrected chi connectivity index (χ1v) is 9.34. The maximum absolute atomic E-state index is 12.1. The minimum absolute atomic E-state index is 0.0391. The van der Waals surface area contributed by atoms with E-state index in [-0.39, 0.29) is 11.8 Å². The van der Waals surface area contributed by atoms with Crippen molar-refractivity contribution in [2.24, 2.45) is 0 Å². The van der Waals surface area contributed by atoms with E-state index in [1.54, 1.807) is 12.4 Å². The Morgan fingerprint density at radius 2 is 1.50 bits per heavy atom. The van der Waals surface area contributed by atoms with Crippen molar-refractivity contribution in [3.63, 3.8) is 0 Å². The molecule has 142 valence electrons. The lowest BCUT2D eigenvalue weighted by Gasteiger charge is -2.37. The summed E-state index contributed by atoms with van der Waals surface area (Å²) in [6.45, 7) is 6.22. The molecular weight excluding hydrogens is 332 g/mol. The molecule has 0 atom stereocenters. The summed E-state index contributed by atoms with van der Waals surface area (Å²) in [4.78, 5) is 39.0. The van der Waals surface area contributed by atoms with Crippen molar-refractivity contribution in [1.82, 2.24) is 19.8 Å². The topological polar surface area (TPSA) is 69.6 Å². The molecule has 2 fully saturated rings. The molecule has 3 heterocycles. The van der Waals surface area contributed by atoms with E-state index in [0.717, 1.165) is 51.5 Å². The number of likely N-dealkylation sites (N-methyl/N-ethyl adjacent to an activating group) is 1. The van der Waals surface area contributed by atoms with Gasteiger partial charge in [0.05, 0.1) is 14.1 Å². The molecule has 1 aromatic rings. The Morgan fingerprint density at radius 1 is 0.923 bits per heavy atom. The summed E-state index contributed by atoms with van der Waals surface area (Å²) in [5, 5.41) is 0. The van der Waals surface area contributed by atoms with Crippen LogP contribution in [0, 0.1) is 0 Å². The number of imide groups is 1. The quantitative estimate of drug-likeness (QED) is 0.398. The Hall–Kier alpha value is -2.06. The highest BCUT2D eigenvalue weighted by atomic mass is 16.2. The van der Waals surface area contributed by atoms with Crippen LogP contribution in [0.2, 0.25) is 0 Å². The van der Waals surface area contributed by atoms with Gasteiger partial charge in [0.1, 0.15) is 0 Å². The second-order valence-electron chi connectivity index (χ2n) is 7.78. The molecule has 3 rings (SSSR count). The highest BCUT2D eigenvalue weighted by Gasteiger charge is 2.37. The predicted octanol–water partition coefficient (Wildman–Crippen LogP) is -0.176. The molecule has 2 aliphatic heterocycles. The molecule has 0 bridgehead atoms. The monoisotopic (exact) mass is 361 g/mol. The lowest BCUT2D eigenvalue weighted by Crippen LogP contribution is -2.60. The first kappa shape index (κ1) is 18.7. The number of rotatable bonds is 6. The Morgan fingerprint density at radius 3 is 2.12 bits per heavy atom. The van der Waals surface area contributed by atoms with E-state index in [9.17, 15) is 9.59 Å². The number of hydrogen-bond acceptors (Lipinski definition) is 6. The maximum atomic E-state index is 12.1. The maximum Gasteiger partial charge on any atom is 0.284 e. The zero-order valence-electron chi connectivity index (χ0n) is 15.8. The number of carbonyl (C=O) groups is 2. The van der Waals surface area contributed by atoms with Crippen LogP contribution in [0.15, 0.2) is 18.5 Å². The summed E-state index contributed by atoms with van der Waals surface area (Å²) >= 11 is 0. The van der Waals surface area contributed by atoms with Gasteiger partial charge in [0.2, 0.25) is 5.95 Å². The average molecular weight is 361 g/mol. The number of piperazine rings is 2. The third-order valence-electron chi connectivity index (χ3n) is 5.04. The molecule has 0 unspecified atom stereocenters. The molecule has 2 saturated heterocycles. The molecule has 26 heavy (non-hydrogen) atoms. The van der Waals surface area contributed by atoms with E-state index >= 15 is 0 Å². The van der Waals surface area contributed by atoms with Gasteiger partial charge in [-0.05, 0) is 25.5 Å². The molecule has 0 saturated carbocycles. The van der Waals surface area contributed by atoms with Gasteiger partial charge in [0, 0.05) is 45.1 Å². The van der Waals surface area contributed by atoms with Gasteiger partial charge in [-0.3, -0.25) is 19.4 Å². The van der Waals surface area contributed by atoms with Gasteiger partial charge < -0.3 is 9.38 Å². The molecule has 0 aromatic carbocycles. The Labute approximate surface area is 155 Å². The molecule has 0 radical (unpaired) electrons. The van der Waals surface area contributed by atoms with Crippen molar-refractivity contribution in [2.45, 2.75) is 12.8 Å². The Kier molecular flexibility index (Phi) is 5.83. The number of hydrogen-bond donors (Lipinski definition) is 0. The van der Waals surface area contributed by atoms with Crippen molar-refractivity contribution in [3.8, 4) is 0 Å². The normalized spacial score (nSPS) is 21.3. The SMILES string of the molecule is C[N+]1(C)CC(=O)N(CCCCN2CCN(c3ncccn3)CC2)C(=O)C1. The van der Waals surface area contributed by atoms with Crippen molar-refractivity contribution < 1.29 is 14.1 Å². The van der Waals surface area contributed by atoms with Gasteiger partial charge in [-0.2, -0.15) is 0 Å². The number of unbranched alkanes of at least 4 members (excludes halogenated alkanes) is 1. The fourth-order valence-corrected chi connectivity index (χ4v) is 3.58. The van der Waals surface area contributed by atoms with Crippen LogP contribution >= 0.6 is 0 Å². The Balaban J connectivity index is 1.35. The number of aromatic nitrogens is 2. The van der Waals surface area contributed by atoms with E-state index in [4.69, 9.17) is 0 Å². The molecule has 0 N–H and O–H groups in total. The summed E-state index contributed by atoms with van der Waals surface area (Å²) in [5.41, 5.74) is 0. The lowest BCUT2D eigenvalue weighted by molar-refractivity contribution is -0.877. The van der Waals surface area contributed by atoms with Gasteiger partial charge in [0.15, 0.2) is 13.1 Å². The van der Waals surface area contributed by atoms with E-state index in [0.29, 0.717) is 24.1 Å². The van der Waals surface area contributed by atoms with E-state index < -0.39 is 0 Å². The highest BCUT2D eigenvalue weighted by Crippen LogP contribution is 2.12. The number of carbonyl (C=O) groups excluding carboxylic acids is 2. The molecule has 8 nitrogen and oxygen atoms in total. The van der Waals surface area contributed by atoms with Gasteiger partial charge in [-0.1, -0.05) is 0 Å². The van der Waals surface area contributed by atoms with Crippen LogP contribution in [0.4, 0.5) is 5.95 Å². The lowest BCUT2D eigenvalue weighted by atomic mass is 10.2. The van der Waals surface area contributed by atoms with Crippen molar-refractivity contribution in [1.29, 1.82) is 0 Å². The van der Waals surface area contributed by atoms with Crippen LogP contribution in [0.25, 0.3) is 0 Å². The van der Waals surface area contributed by atoms with Crippen molar-refractivity contribution in [2.75, 3.05) is 71.4 Å².